The first-order chi connectivity index (χ1) is 16.2. The number of pyridine rings is 1. The van der Waals surface area contributed by atoms with Gasteiger partial charge in [0.15, 0.2) is 11.5 Å². The van der Waals surface area contributed by atoms with Crippen LogP contribution in [-0.4, -0.2) is 35.1 Å². The molecule has 0 aliphatic carbocycles. The lowest BCUT2D eigenvalue weighted by molar-refractivity contribution is -0.120. The zero-order chi connectivity index (χ0) is 23.0. The molecule has 0 aliphatic heterocycles. The fourth-order valence-electron chi connectivity index (χ4n) is 3.52. The molecule has 166 valence electrons. The number of carbonyl (C=O) groups is 1. The standard InChI is InChI=1S/C26H24N4O3/c1-32-23-8-5-19(13-24(23)33-2)14-25(31)29-15-18-3-6-21(7-4-18)26-22(16-28-17-30-26)20-9-11-27-12-10-20/h3-13,16-17H,14-15H2,1-2H3,(H,29,31). The topological polar surface area (TPSA) is 86.2 Å². The maximum atomic E-state index is 12.4. The number of amides is 1. The van der Waals surface area contributed by atoms with Gasteiger partial charge in [0.25, 0.3) is 0 Å². The largest absolute Gasteiger partial charge is 0.493 e. The first kappa shape index (κ1) is 22.0. The van der Waals surface area contributed by atoms with Crippen molar-refractivity contribution in [2.24, 2.45) is 0 Å². The van der Waals surface area contributed by atoms with E-state index in [2.05, 4.69) is 20.3 Å². The fourth-order valence-corrected chi connectivity index (χ4v) is 3.52. The Hall–Kier alpha value is -4.26. The van der Waals surface area contributed by atoms with Gasteiger partial charge in [0.2, 0.25) is 5.91 Å². The average Bonchev–Trinajstić information content (AvgIpc) is 2.88. The molecule has 1 amide bonds. The van der Waals surface area contributed by atoms with Gasteiger partial charge in [-0.15, -0.1) is 0 Å². The molecule has 1 N–H and O–H groups in total. The third-order valence-corrected chi connectivity index (χ3v) is 5.23. The Morgan fingerprint density at radius 3 is 2.30 bits per heavy atom. The van der Waals surface area contributed by atoms with Crippen molar-refractivity contribution in [1.82, 2.24) is 20.3 Å². The van der Waals surface area contributed by atoms with Crippen LogP contribution in [0.5, 0.6) is 11.5 Å². The van der Waals surface area contributed by atoms with Gasteiger partial charge < -0.3 is 14.8 Å². The molecule has 0 aliphatic rings. The first-order valence-corrected chi connectivity index (χ1v) is 10.4. The van der Waals surface area contributed by atoms with Crippen LogP contribution in [0.2, 0.25) is 0 Å². The number of nitrogens with zero attached hydrogens (tertiary/aromatic N) is 3. The number of hydrogen-bond acceptors (Lipinski definition) is 6. The Balaban J connectivity index is 1.41. The summed E-state index contributed by atoms with van der Waals surface area (Å²) in [5.74, 6) is 1.17. The smallest absolute Gasteiger partial charge is 0.224 e. The van der Waals surface area contributed by atoms with Crippen molar-refractivity contribution >= 4 is 5.91 Å². The van der Waals surface area contributed by atoms with E-state index in [1.54, 1.807) is 45.2 Å². The molecule has 4 aromatic rings. The molecule has 4 rings (SSSR count). The van der Waals surface area contributed by atoms with Gasteiger partial charge in [0, 0.05) is 36.3 Å². The van der Waals surface area contributed by atoms with Crippen LogP contribution in [0.15, 0.2) is 79.5 Å². The predicted molar refractivity (Wildman–Crippen MR) is 126 cm³/mol. The van der Waals surface area contributed by atoms with Crippen LogP contribution < -0.4 is 14.8 Å². The number of benzene rings is 2. The third kappa shape index (κ3) is 5.33. The normalized spacial score (nSPS) is 10.5. The summed E-state index contributed by atoms with van der Waals surface area (Å²) < 4.78 is 10.5. The highest BCUT2D eigenvalue weighted by atomic mass is 16.5. The van der Waals surface area contributed by atoms with Crippen molar-refractivity contribution in [2.75, 3.05) is 14.2 Å². The molecule has 0 atom stereocenters. The minimum Gasteiger partial charge on any atom is -0.493 e. The number of aromatic nitrogens is 3. The Bertz CT molecular complexity index is 1230. The lowest BCUT2D eigenvalue weighted by atomic mass is 10.0. The second-order valence-corrected chi connectivity index (χ2v) is 7.36. The zero-order valence-electron chi connectivity index (χ0n) is 18.5. The average molecular weight is 441 g/mol. The molecule has 7 heteroatoms. The van der Waals surface area contributed by atoms with Crippen molar-refractivity contribution in [3.8, 4) is 33.9 Å². The highest BCUT2D eigenvalue weighted by molar-refractivity contribution is 5.80. The summed E-state index contributed by atoms with van der Waals surface area (Å²) in [6.07, 6.45) is 7.11. The second-order valence-electron chi connectivity index (χ2n) is 7.36. The quantitative estimate of drug-likeness (QED) is 0.444. The summed E-state index contributed by atoms with van der Waals surface area (Å²) >= 11 is 0. The van der Waals surface area contributed by atoms with E-state index in [1.165, 1.54) is 0 Å². The van der Waals surface area contributed by atoms with E-state index in [4.69, 9.17) is 9.47 Å². The SMILES string of the molecule is COc1ccc(CC(=O)NCc2ccc(-c3ncncc3-c3ccncc3)cc2)cc1OC. The van der Waals surface area contributed by atoms with Crippen LogP contribution in [0, 0.1) is 0 Å². The number of nitrogens with one attached hydrogen (secondary N) is 1. The summed E-state index contributed by atoms with van der Waals surface area (Å²) in [6, 6.07) is 17.3. The van der Waals surface area contributed by atoms with E-state index in [0.29, 0.717) is 18.0 Å². The molecule has 0 bridgehead atoms. The number of rotatable bonds is 8. The molecule has 2 aromatic heterocycles. The van der Waals surface area contributed by atoms with Crippen LogP contribution >= 0.6 is 0 Å². The number of ether oxygens (including phenoxy) is 2. The highest BCUT2D eigenvalue weighted by Crippen LogP contribution is 2.29. The Morgan fingerprint density at radius 2 is 1.58 bits per heavy atom. The van der Waals surface area contributed by atoms with E-state index in [-0.39, 0.29) is 12.3 Å². The molecule has 0 radical (unpaired) electrons. The van der Waals surface area contributed by atoms with Gasteiger partial charge in [-0.25, -0.2) is 9.97 Å². The molecule has 33 heavy (non-hydrogen) atoms. The van der Waals surface area contributed by atoms with E-state index in [9.17, 15) is 4.79 Å². The van der Waals surface area contributed by atoms with Gasteiger partial charge in [-0.3, -0.25) is 9.78 Å². The van der Waals surface area contributed by atoms with Gasteiger partial charge in [0.1, 0.15) is 6.33 Å². The highest BCUT2D eigenvalue weighted by Gasteiger charge is 2.11. The van der Waals surface area contributed by atoms with Gasteiger partial charge in [-0.05, 0) is 41.0 Å². The lowest BCUT2D eigenvalue weighted by Crippen LogP contribution is -2.24. The molecular formula is C26H24N4O3. The summed E-state index contributed by atoms with van der Waals surface area (Å²) in [5, 5.41) is 2.97. The van der Waals surface area contributed by atoms with Crippen molar-refractivity contribution in [1.29, 1.82) is 0 Å². The molecule has 0 saturated carbocycles. The first-order valence-electron chi connectivity index (χ1n) is 10.4. The molecule has 7 nitrogen and oxygen atoms in total. The molecule has 2 aromatic carbocycles. The minimum absolute atomic E-state index is 0.0675. The summed E-state index contributed by atoms with van der Waals surface area (Å²) in [6.45, 7) is 0.438. The zero-order valence-corrected chi connectivity index (χ0v) is 18.5. The van der Waals surface area contributed by atoms with Crippen LogP contribution in [0.3, 0.4) is 0 Å². The number of methoxy groups -OCH3 is 2. The second kappa shape index (κ2) is 10.4. The molecule has 0 saturated heterocycles. The molecular weight excluding hydrogens is 416 g/mol. The van der Waals surface area contributed by atoms with E-state index < -0.39 is 0 Å². The van der Waals surface area contributed by atoms with Gasteiger partial charge in [-0.2, -0.15) is 0 Å². The number of hydrogen-bond donors (Lipinski definition) is 1. The molecule has 0 fully saturated rings. The summed E-state index contributed by atoms with van der Waals surface area (Å²) in [7, 11) is 3.16. The maximum absolute atomic E-state index is 12.4. The van der Waals surface area contributed by atoms with Gasteiger partial charge >= 0.3 is 0 Å². The Labute approximate surface area is 192 Å². The molecule has 2 heterocycles. The van der Waals surface area contributed by atoms with Gasteiger partial charge in [-0.1, -0.05) is 30.3 Å². The summed E-state index contributed by atoms with van der Waals surface area (Å²) in [5.41, 5.74) is 5.62. The van der Waals surface area contributed by atoms with E-state index in [1.807, 2.05) is 48.5 Å². The Kier molecular flexibility index (Phi) is 6.90. The van der Waals surface area contributed by atoms with Crippen LogP contribution in [0.25, 0.3) is 22.4 Å². The van der Waals surface area contributed by atoms with Crippen LogP contribution in [0.1, 0.15) is 11.1 Å². The van der Waals surface area contributed by atoms with E-state index >= 15 is 0 Å². The fraction of sp³-hybridized carbons (Fsp3) is 0.154. The van der Waals surface area contributed by atoms with Gasteiger partial charge in [0.05, 0.1) is 26.3 Å². The third-order valence-electron chi connectivity index (χ3n) is 5.23. The summed E-state index contributed by atoms with van der Waals surface area (Å²) in [4.78, 5) is 25.2. The van der Waals surface area contributed by atoms with E-state index in [0.717, 1.165) is 33.5 Å². The van der Waals surface area contributed by atoms with Crippen molar-refractivity contribution in [2.45, 2.75) is 13.0 Å². The monoisotopic (exact) mass is 440 g/mol. The van der Waals surface area contributed by atoms with Crippen molar-refractivity contribution < 1.29 is 14.3 Å². The predicted octanol–water partition coefficient (Wildman–Crippen LogP) is 4.08. The van der Waals surface area contributed by atoms with Crippen molar-refractivity contribution in [3.05, 3.63) is 90.6 Å². The Morgan fingerprint density at radius 1 is 0.848 bits per heavy atom. The number of carbonyl (C=O) groups excluding carboxylic acids is 1. The maximum Gasteiger partial charge on any atom is 0.224 e. The minimum atomic E-state index is -0.0675. The lowest BCUT2D eigenvalue weighted by Gasteiger charge is -2.11. The van der Waals surface area contributed by atoms with Crippen LogP contribution in [-0.2, 0) is 17.8 Å². The van der Waals surface area contributed by atoms with Crippen LogP contribution in [0.4, 0.5) is 0 Å². The molecule has 0 spiro atoms. The molecule has 0 unspecified atom stereocenters. The van der Waals surface area contributed by atoms with Crippen molar-refractivity contribution in [3.63, 3.8) is 0 Å².